The van der Waals surface area contributed by atoms with Gasteiger partial charge in [0.05, 0.1) is 5.03 Å². The largest absolute Gasteiger partial charge is 0.349 e. The topological polar surface area (TPSA) is 120 Å². The standard InChI is InChI=1S/C15H14N6O3S/c1-21-14(23)11(12(22)18-15(21)24)13(25-2)17-9-5-3-8(4-6-9)10-7-16-20-19-10/h3-7,17H,1-2H3,(H,16,19,20)(H,18,22,24). The number of nitrogens with zero attached hydrogens (tertiary/aromatic N) is 3. The number of anilines is 1. The van der Waals surface area contributed by atoms with Gasteiger partial charge in [0.25, 0.3) is 11.8 Å². The summed E-state index contributed by atoms with van der Waals surface area (Å²) < 4.78 is 0. The van der Waals surface area contributed by atoms with Gasteiger partial charge in [0, 0.05) is 24.5 Å². The van der Waals surface area contributed by atoms with E-state index >= 15 is 0 Å². The van der Waals surface area contributed by atoms with Gasteiger partial charge in [0.15, 0.2) is 0 Å². The lowest BCUT2D eigenvalue weighted by Crippen LogP contribution is -2.52. The van der Waals surface area contributed by atoms with Crippen molar-refractivity contribution in [2.45, 2.75) is 0 Å². The molecule has 1 saturated heterocycles. The second-order valence-electron chi connectivity index (χ2n) is 5.09. The van der Waals surface area contributed by atoms with Crippen LogP contribution in [0, 0.1) is 0 Å². The zero-order chi connectivity index (χ0) is 18.0. The first kappa shape index (κ1) is 16.7. The Hall–Kier alpha value is -3.14. The summed E-state index contributed by atoms with van der Waals surface area (Å²) in [7, 11) is 1.31. The first-order valence-electron chi connectivity index (χ1n) is 7.17. The molecule has 0 spiro atoms. The van der Waals surface area contributed by atoms with Crippen molar-refractivity contribution in [2.75, 3.05) is 18.6 Å². The molecule has 4 amide bonds. The average Bonchev–Trinajstić information content (AvgIpc) is 3.14. The maximum atomic E-state index is 12.3. The summed E-state index contributed by atoms with van der Waals surface area (Å²) in [6.07, 6.45) is 3.41. The van der Waals surface area contributed by atoms with Crippen LogP contribution in [0.5, 0.6) is 0 Å². The fraction of sp³-hybridized carbons (Fsp3) is 0.133. The van der Waals surface area contributed by atoms with Gasteiger partial charge in [-0.15, -0.1) is 16.9 Å². The van der Waals surface area contributed by atoms with Crippen molar-refractivity contribution in [3.63, 3.8) is 0 Å². The number of rotatable bonds is 4. The summed E-state index contributed by atoms with van der Waals surface area (Å²) in [6.45, 7) is 0. The van der Waals surface area contributed by atoms with Crippen molar-refractivity contribution in [1.29, 1.82) is 0 Å². The summed E-state index contributed by atoms with van der Waals surface area (Å²) in [5.41, 5.74) is 2.16. The van der Waals surface area contributed by atoms with E-state index in [9.17, 15) is 14.4 Å². The first-order valence-corrected chi connectivity index (χ1v) is 8.39. The Kier molecular flexibility index (Phi) is 4.52. The number of amides is 4. The zero-order valence-electron chi connectivity index (χ0n) is 13.4. The Morgan fingerprint density at radius 2 is 1.92 bits per heavy atom. The van der Waals surface area contributed by atoms with Gasteiger partial charge < -0.3 is 5.32 Å². The number of hydrogen-bond acceptors (Lipinski definition) is 7. The molecule has 2 aromatic rings. The molecule has 2 heterocycles. The summed E-state index contributed by atoms with van der Waals surface area (Å²) in [6, 6.07) is 6.51. The third kappa shape index (κ3) is 3.24. The van der Waals surface area contributed by atoms with E-state index in [-0.39, 0.29) is 5.57 Å². The van der Waals surface area contributed by atoms with Gasteiger partial charge in [-0.25, -0.2) is 4.79 Å². The zero-order valence-corrected chi connectivity index (χ0v) is 14.2. The van der Waals surface area contributed by atoms with Crippen molar-refractivity contribution >= 4 is 35.3 Å². The van der Waals surface area contributed by atoms with Crippen LogP contribution in [-0.2, 0) is 9.59 Å². The molecule has 0 radical (unpaired) electrons. The first-order chi connectivity index (χ1) is 12.0. The van der Waals surface area contributed by atoms with Crippen molar-refractivity contribution in [3.8, 4) is 11.3 Å². The number of urea groups is 1. The molecule has 1 aliphatic rings. The highest BCUT2D eigenvalue weighted by Crippen LogP contribution is 2.25. The molecule has 0 unspecified atom stereocenters. The normalized spacial score (nSPS) is 16.7. The number of carbonyl (C=O) groups is 3. The van der Waals surface area contributed by atoms with Crippen LogP contribution in [0.3, 0.4) is 0 Å². The second-order valence-corrected chi connectivity index (χ2v) is 5.91. The van der Waals surface area contributed by atoms with E-state index in [2.05, 4.69) is 26.0 Å². The van der Waals surface area contributed by atoms with Crippen LogP contribution in [-0.4, -0.2) is 51.5 Å². The number of carbonyl (C=O) groups excluding carboxylic acids is 3. The number of nitrogens with one attached hydrogen (secondary N) is 3. The molecule has 0 aliphatic carbocycles. The highest BCUT2D eigenvalue weighted by molar-refractivity contribution is 8.02. The third-order valence-corrected chi connectivity index (χ3v) is 4.27. The van der Waals surface area contributed by atoms with Crippen molar-refractivity contribution < 1.29 is 14.4 Å². The number of H-pyrrole nitrogens is 1. The molecule has 0 saturated carbocycles. The summed E-state index contributed by atoms with van der Waals surface area (Å²) >= 11 is 1.21. The van der Waals surface area contributed by atoms with Crippen LogP contribution in [0.2, 0.25) is 0 Å². The molecule has 1 aliphatic heterocycles. The van der Waals surface area contributed by atoms with Gasteiger partial charge in [-0.05, 0) is 18.4 Å². The smallest absolute Gasteiger partial charge is 0.331 e. The predicted molar refractivity (Wildman–Crippen MR) is 92.3 cm³/mol. The fourth-order valence-corrected chi connectivity index (χ4v) is 2.82. The van der Waals surface area contributed by atoms with Crippen molar-refractivity contribution in [3.05, 3.63) is 41.1 Å². The number of aromatic nitrogens is 3. The van der Waals surface area contributed by atoms with Crippen molar-refractivity contribution in [1.82, 2.24) is 25.6 Å². The van der Waals surface area contributed by atoms with E-state index in [4.69, 9.17) is 0 Å². The molecule has 0 atom stereocenters. The van der Waals surface area contributed by atoms with Crippen LogP contribution in [0.1, 0.15) is 0 Å². The molecule has 25 heavy (non-hydrogen) atoms. The van der Waals surface area contributed by atoms with Gasteiger partial charge in [-0.2, -0.15) is 0 Å². The van der Waals surface area contributed by atoms with Crippen LogP contribution < -0.4 is 10.6 Å². The highest BCUT2D eigenvalue weighted by Gasteiger charge is 2.35. The summed E-state index contributed by atoms with van der Waals surface area (Å²) in [4.78, 5) is 36.7. The minimum Gasteiger partial charge on any atom is -0.349 e. The minimum absolute atomic E-state index is 0.102. The Morgan fingerprint density at radius 3 is 2.52 bits per heavy atom. The van der Waals surface area contributed by atoms with E-state index in [0.717, 1.165) is 10.5 Å². The van der Waals surface area contributed by atoms with E-state index in [1.165, 1.54) is 18.8 Å². The molecule has 128 valence electrons. The SMILES string of the molecule is CSC(Nc1ccc(-c2c[nH]nn2)cc1)=C1C(=O)NC(=O)N(C)C1=O. The Balaban J connectivity index is 1.88. The Labute approximate surface area is 146 Å². The van der Waals surface area contributed by atoms with Gasteiger partial charge in [-0.1, -0.05) is 17.3 Å². The number of hydrogen-bond donors (Lipinski definition) is 3. The number of aromatic amines is 1. The summed E-state index contributed by atoms with van der Waals surface area (Å²) in [5.74, 6) is -1.37. The van der Waals surface area contributed by atoms with Crippen LogP contribution >= 0.6 is 11.8 Å². The minimum atomic E-state index is -0.740. The predicted octanol–water partition coefficient (Wildman–Crippen LogP) is 1.17. The van der Waals surface area contributed by atoms with Crippen LogP contribution in [0.15, 0.2) is 41.1 Å². The molecule has 3 N–H and O–H groups in total. The number of imide groups is 2. The highest BCUT2D eigenvalue weighted by atomic mass is 32.2. The van der Waals surface area contributed by atoms with E-state index in [1.54, 1.807) is 24.6 Å². The molecular weight excluding hydrogens is 344 g/mol. The van der Waals surface area contributed by atoms with Gasteiger partial charge in [0.1, 0.15) is 11.3 Å². The van der Waals surface area contributed by atoms with E-state index < -0.39 is 17.8 Å². The van der Waals surface area contributed by atoms with E-state index in [0.29, 0.717) is 16.4 Å². The lowest BCUT2D eigenvalue weighted by molar-refractivity contribution is -0.129. The number of benzene rings is 1. The lowest BCUT2D eigenvalue weighted by atomic mass is 10.1. The molecule has 1 aromatic carbocycles. The quantitative estimate of drug-likeness (QED) is 0.554. The number of likely N-dealkylation sites (N-methyl/N-ethyl adjacent to an activating group) is 1. The maximum absolute atomic E-state index is 12.3. The van der Waals surface area contributed by atoms with Crippen molar-refractivity contribution in [2.24, 2.45) is 0 Å². The maximum Gasteiger partial charge on any atom is 0.331 e. The van der Waals surface area contributed by atoms with E-state index in [1.807, 2.05) is 12.1 Å². The molecule has 3 rings (SSSR count). The number of thioether (sulfide) groups is 1. The summed E-state index contributed by atoms with van der Waals surface area (Å²) in [5, 5.41) is 15.8. The fourth-order valence-electron chi connectivity index (χ4n) is 2.21. The molecular formula is C15H14N6O3S. The molecule has 1 aromatic heterocycles. The second kappa shape index (κ2) is 6.77. The Morgan fingerprint density at radius 1 is 1.20 bits per heavy atom. The molecule has 1 fully saturated rings. The van der Waals surface area contributed by atoms with Crippen LogP contribution in [0.25, 0.3) is 11.3 Å². The molecule has 10 heteroatoms. The third-order valence-electron chi connectivity index (χ3n) is 3.56. The molecule has 9 nitrogen and oxygen atoms in total. The van der Waals surface area contributed by atoms with Gasteiger partial charge >= 0.3 is 6.03 Å². The molecule has 0 bridgehead atoms. The van der Waals surface area contributed by atoms with Gasteiger partial charge in [-0.3, -0.25) is 24.9 Å². The lowest BCUT2D eigenvalue weighted by Gasteiger charge is -2.24. The van der Waals surface area contributed by atoms with Gasteiger partial charge in [0.2, 0.25) is 0 Å². The Bertz CT molecular complexity index is 860. The van der Waals surface area contributed by atoms with Crippen LogP contribution in [0.4, 0.5) is 10.5 Å². The average molecular weight is 358 g/mol. The number of barbiturate groups is 1. The monoisotopic (exact) mass is 358 g/mol.